The number of nitrogens with one attached hydrogen (secondary N) is 1. The zero-order valence-corrected chi connectivity index (χ0v) is 11.0. The van der Waals surface area contributed by atoms with Gasteiger partial charge in [-0.05, 0) is 6.42 Å². The first-order valence-electron chi connectivity index (χ1n) is 6.41. The van der Waals surface area contributed by atoms with Crippen LogP contribution in [0, 0.1) is 6.57 Å². The van der Waals surface area contributed by atoms with Gasteiger partial charge in [0.1, 0.15) is 11.7 Å². The zero-order valence-electron chi connectivity index (χ0n) is 11.0. The number of rotatable bonds is 2. The average Bonchev–Trinajstić information content (AvgIpc) is 2.97. The lowest BCUT2D eigenvalue weighted by atomic mass is 10.1. The Kier molecular flexibility index (Phi) is 3.20. The molecule has 7 heteroatoms. The van der Waals surface area contributed by atoms with Gasteiger partial charge in [0, 0.05) is 12.0 Å². The molecule has 0 radical (unpaired) electrons. The molecule has 0 saturated carbocycles. The van der Waals surface area contributed by atoms with Crippen LogP contribution in [0.15, 0.2) is 30.5 Å². The maximum absolute atomic E-state index is 11.8. The highest BCUT2D eigenvalue weighted by molar-refractivity contribution is 5.99. The Morgan fingerprint density at radius 3 is 2.71 bits per heavy atom. The van der Waals surface area contributed by atoms with Crippen LogP contribution in [0.2, 0.25) is 0 Å². The summed E-state index contributed by atoms with van der Waals surface area (Å²) in [4.78, 5) is 26.2. The van der Waals surface area contributed by atoms with Crippen LogP contribution in [0.3, 0.4) is 0 Å². The fourth-order valence-electron chi connectivity index (χ4n) is 2.20. The summed E-state index contributed by atoms with van der Waals surface area (Å²) in [5, 5.41) is 10.3. The van der Waals surface area contributed by atoms with Gasteiger partial charge in [-0.1, -0.05) is 29.5 Å². The fourth-order valence-corrected chi connectivity index (χ4v) is 2.20. The maximum atomic E-state index is 11.8. The van der Waals surface area contributed by atoms with Crippen LogP contribution in [-0.2, 0) is 9.59 Å². The molecule has 2 amide bonds. The van der Waals surface area contributed by atoms with Crippen molar-refractivity contribution in [2.45, 2.75) is 18.9 Å². The van der Waals surface area contributed by atoms with Crippen LogP contribution >= 0.6 is 0 Å². The van der Waals surface area contributed by atoms with Gasteiger partial charge in [-0.15, -0.1) is 5.10 Å². The summed E-state index contributed by atoms with van der Waals surface area (Å²) in [6.07, 6.45) is 2.39. The predicted octanol–water partition coefficient (Wildman–Crippen LogP) is 1.47. The third-order valence-corrected chi connectivity index (χ3v) is 3.33. The number of amides is 2. The van der Waals surface area contributed by atoms with Gasteiger partial charge in [0.25, 0.3) is 5.91 Å². The summed E-state index contributed by atoms with van der Waals surface area (Å²) in [5.41, 5.74) is 1.99. The summed E-state index contributed by atoms with van der Waals surface area (Å²) in [6.45, 7) is 6.92. The molecule has 1 saturated heterocycles. The average molecular weight is 281 g/mol. The lowest BCUT2D eigenvalue weighted by Crippen LogP contribution is -2.41. The quantitative estimate of drug-likeness (QED) is 0.667. The first-order chi connectivity index (χ1) is 10.2. The molecule has 1 atom stereocenters. The third kappa shape index (κ3) is 2.51. The van der Waals surface area contributed by atoms with E-state index in [1.165, 1.54) is 4.68 Å². The van der Waals surface area contributed by atoms with Crippen molar-refractivity contribution in [2.24, 2.45) is 0 Å². The topological polar surface area (TPSA) is 81.2 Å². The van der Waals surface area contributed by atoms with Crippen molar-refractivity contribution < 1.29 is 9.59 Å². The Morgan fingerprint density at radius 1 is 1.29 bits per heavy atom. The van der Waals surface area contributed by atoms with E-state index in [0.717, 1.165) is 5.56 Å². The number of hydrogen-bond donors (Lipinski definition) is 1. The molecule has 104 valence electrons. The van der Waals surface area contributed by atoms with Crippen LogP contribution in [0.5, 0.6) is 0 Å². The molecule has 3 rings (SSSR count). The summed E-state index contributed by atoms with van der Waals surface area (Å²) < 4.78 is 1.47. The highest BCUT2D eigenvalue weighted by atomic mass is 16.2. The summed E-state index contributed by atoms with van der Waals surface area (Å²) in [6, 6.07) is 6.46. The molecular weight excluding hydrogens is 270 g/mol. The standard InChI is InChI=1S/C14H11N5O2/c1-15-10-4-2-9(3-5-10)11-8-19(18-17-11)12-6-7-13(20)16-14(12)21/h2-5,8,12H,6-7H2,(H,16,20,21). The zero-order chi connectivity index (χ0) is 14.8. The van der Waals surface area contributed by atoms with Crippen LogP contribution in [0.1, 0.15) is 18.9 Å². The van der Waals surface area contributed by atoms with Crippen molar-refractivity contribution >= 4 is 17.5 Å². The van der Waals surface area contributed by atoms with E-state index < -0.39 is 6.04 Å². The second kappa shape index (κ2) is 5.17. The Labute approximate surface area is 120 Å². The van der Waals surface area contributed by atoms with Crippen molar-refractivity contribution in [3.63, 3.8) is 0 Å². The highest BCUT2D eigenvalue weighted by Gasteiger charge is 2.29. The molecule has 1 aliphatic rings. The summed E-state index contributed by atoms with van der Waals surface area (Å²) >= 11 is 0. The first-order valence-corrected chi connectivity index (χ1v) is 6.41. The number of aromatic nitrogens is 3. The minimum absolute atomic E-state index is 0.258. The smallest absolute Gasteiger partial charge is 0.251 e. The van der Waals surface area contributed by atoms with Crippen molar-refractivity contribution in [2.75, 3.05) is 0 Å². The number of piperidine rings is 1. The molecule has 1 aromatic carbocycles. The minimum atomic E-state index is -0.508. The molecule has 1 aliphatic heterocycles. The molecule has 1 N–H and O–H groups in total. The van der Waals surface area contributed by atoms with E-state index in [4.69, 9.17) is 6.57 Å². The molecule has 0 aliphatic carbocycles. The van der Waals surface area contributed by atoms with Gasteiger partial charge >= 0.3 is 0 Å². The number of nitrogens with zero attached hydrogens (tertiary/aromatic N) is 4. The Bertz CT molecular complexity index is 741. The van der Waals surface area contributed by atoms with Gasteiger partial charge in [-0.3, -0.25) is 14.9 Å². The second-order valence-corrected chi connectivity index (χ2v) is 4.71. The molecule has 0 spiro atoms. The van der Waals surface area contributed by atoms with E-state index >= 15 is 0 Å². The SMILES string of the molecule is [C-]#[N+]c1ccc(-c2cn(C3CCC(=O)NC3=O)nn2)cc1. The number of imide groups is 1. The van der Waals surface area contributed by atoms with E-state index in [1.807, 2.05) is 0 Å². The molecule has 1 unspecified atom stereocenters. The van der Waals surface area contributed by atoms with Gasteiger partial charge in [0.15, 0.2) is 5.69 Å². The Balaban J connectivity index is 1.84. The molecule has 1 aromatic heterocycles. The largest absolute Gasteiger partial charge is 0.295 e. The van der Waals surface area contributed by atoms with Crippen LogP contribution < -0.4 is 5.32 Å². The third-order valence-electron chi connectivity index (χ3n) is 3.33. The van der Waals surface area contributed by atoms with Gasteiger partial charge in [0.2, 0.25) is 5.91 Å². The predicted molar refractivity (Wildman–Crippen MR) is 73.1 cm³/mol. The van der Waals surface area contributed by atoms with Crippen molar-refractivity contribution in [1.29, 1.82) is 0 Å². The highest BCUT2D eigenvalue weighted by Crippen LogP contribution is 2.23. The van der Waals surface area contributed by atoms with Crippen LogP contribution in [0.25, 0.3) is 16.1 Å². The van der Waals surface area contributed by atoms with Crippen LogP contribution in [-0.4, -0.2) is 26.8 Å². The molecule has 2 heterocycles. The van der Waals surface area contributed by atoms with Gasteiger partial charge in [-0.2, -0.15) is 0 Å². The minimum Gasteiger partial charge on any atom is -0.295 e. The summed E-state index contributed by atoms with van der Waals surface area (Å²) in [7, 11) is 0. The van der Waals surface area contributed by atoms with Crippen molar-refractivity contribution in [1.82, 2.24) is 20.3 Å². The number of carbonyl (C=O) groups is 2. The van der Waals surface area contributed by atoms with E-state index in [9.17, 15) is 9.59 Å². The van der Waals surface area contributed by atoms with E-state index in [1.54, 1.807) is 30.5 Å². The maximum Gasteiger partial charge on any atom is 0.251 e. The molecule has 2 aromatic rings. The first kappa shape index (κ1) is 13.0. The second-order valence-electron chi connectivity index (χ2n) is 4.71. The summed E-state index contributed by atoms with van der Waals surface area (Å²) in [5.74, 6) is -0.614. The number of benzene rings is 1. The van der Waals surface area contributed by atoms with Crippen molar-refractivity contribution in [3.8, 4) is 11.3 Å². The van der Waals surface area contributed by atoms with Gasteiger partial charge in [-0.25, -0.2) is 9.53 Å². The van der Waals surface area contributed by atoms with Crippen molar-refractivity contribution in [3.05, 3.63) is 41.9 Å². The lowest BCUT2D eigenvalue weighted by Gasteiger charge is -2.20. The Morgan fingerprint density at radius 2 is 2.05 bits per heavy atom. The van der Waals surface area contributed by atoms with Gasteiger partial charge < -0.3 is 0 Å². The Hall–Kier alpha value is -3.01. The molecule has 21 heavy (non-hydrogen) atoms. The molecule has 7 nitrogen and oxygen atoms in total. The molecule has 0 bridgehead atoms. The molecule has 1 fully saturated rings. The molecular formula is C14H11N5O2. The number of hydrogen-bond acceptors (Lipinski definition) is 4. The van der Waals surface area contributed by atoms with E-state index in [-0.39, 0.29) is 11.8 Å². The van der Waals surface area contributed by atoms with Crippen LogP contribution in [0.4, 0.5) is 5.69 Å². The fraction of sp³-hybridized carbons (Fsp3) is 0.214. The lowest BCUT2D eigenvalue weighted by molar-refractivity contribution is -0.136. The normalized spacial score (nSPS) is 18.1. The van der Waals surface area contributed by atoms with E-state index in [2.05, 4.69) is 20.5 Å². The monoisotopic (exact) mass is 281 g/mol. The van der Waals surface area contributed by atoms with Gasteiger partial charge in [0.05, 0.1) is 12.8 Å². The number of carbonyl (C=O) groups excluding carboxylic acids is 2. The van der Waals surface area contributed by atoms with E-state index in [0.29, 0.717) is 24.2 Å².